The van der Waals surface area contributed by atoms with Gasteiger partial charge in [0.15, 0.2) is 5.16 Å². The topological polar surface area (TPSA) is 76.7 Å². The maximum Gasteiger partial charge on any atom is 0.215 e. The summed E-state index contributed by atoms with van der Waals surface area (Å²) >= 11 is 7.70. The number of nitrogens with zero attached hydrogens (tertiary/aromatic N) is 5. The second-order valence-electron chi connectivity index (χ2n) is 4.58. The highest BCUT2D eigenvalue weighted by atomic mass is 35.5. The van der Waals surface area contributed by atoms with Gasteiger partial charge >= 0.3 is 0 Å². The van der Waals surface area contributed by atoms with Crippen molar-refractivity contribution in [2.75, 3.05) is 0 Å². The van der Waals surface area contributed by atoms with Gasteiger partial charge in [0.2, 0.25) is 5.88 Å². The summed E-state index contributed by atoms with van der Waals surface area (Å²) in [5.41, 5.74) is 3.34. The molecule has 0 spiro atoms. The van der Waals surface area contributed by atoms with Crippen molar-refractivity contribution in [2.24, 2.45) is 7.05 Å². The van der Waals surface area contributed by atoms with Crippen LogP contribution in [0.15, 0.2) is 23.4 Å². The largest absolute Gasteiger partial charge is 0.493 e. The van der Waals surface area contributed by atoms with Gasteiger partial charge in [-0.3, -0.25) is 0 Å². The molecular formula is C13H12ClN5OS. The van der Waals surface area contributed by atoms with E-state index in [0.29, 0.717) is 15.9 Å². The Labute approximate surface area is 130 Å². The van der Waals surface area contributed by atoms with Crippen molar-refractivity contribution >= 4 is 34.4 Å². The van der Waals surface area contributed by atoms with E-state index in [2.05, 4.69) is 20.3 Å². The molecule has 0 bridgehead atoms. The van der Waals surface area contributed by atoms with Gasteiger partial charge < -0.3 is 5.11 Å². The van der Waals surface area contributed by atoms with Crippen LogP contribution in [0.25, 0.3) is 11.0 Å². The minimum atomic E-state index is -0.0273. The molecule has 0 saturated heterocycles. The summed E-state index contributed by atoms with van der Waals surface area (Å²) in [6.45, 7) is 1.81. The summed E-state index contributed by atoms with van der Waals surface area (Å²) in [6, 6.07) is 5.28. The molecule has 1 N–H and O–H groups in total. The molecule has 0 aliphatic rings. The molecule has 0 aliphatic heterocycles. The van der Waals surface area contributed by atoms with Gasteiger partial charge in [0, 0.05) is 29.6 Å². The Morgan fingerprint density at radius 1 is 1.29 bits per heavy atom. The van der Waals surface area contributed by atoms with E-state index in [1.165, 1.54) is 17.8 Å². The first-order valence-corrected chi connectivity index (χ1v) is 7.54. The van der Waals surface area contributed by atoms with Gasteiger partial charge in [-0.15, -0.1) is 5.10 Å². The molecule has 108 valence electrons. The number of benzene rings is 1. The first kappa shape index (κ1) is 14.1. The van der Waals surface area contributed by atoms with Crippen LogP contribution in [0, 0.1) is 6.92 Å². The van der Waals surface area contributed by atoms with E-state index >= 15 is 0 Å². The Morgan fingerprint density at radius 3 is 2.86 bits per heavy atom. The van der Waals surface area contributed by atoms with Gasteiger partial charge in [-0.05, 0) is 24.6 Å². The maximum atomic E-state index is 9.48. The monoisotopic (exact) mass is 321 g/mol. The second-order valence-corrected chi connectivity index (χ2v) is 5.93. The third kappa shape index (κ3) is 2.93. The second kappa shape index (κ2) is 5.50. The van der Waals surface area contributed by atoms with Crippen molar-refractivity contribution < 1.29 is 5.11 Å². The summed E-state index contributed by atoms with van der Waals surface area (Å²) in [5, 5.41) is 18.7. The normalized spacial score (nSPS) is 11.2. The fourth-order valence-corrected chi connectivity index (χ4v) is 3.13. The average Bonchev–Trinajstić information content (AvgIpc) is 2.76. The first-order valence-electron chi connectivity index (χ1n) is 6.18. The van der Waals surface area contributed by atoms with Crippen molar-refractivity contribution in [2.45, 2.75) is 17.8 Å². The molecule has 3 aromatic rings. The molecule has 0 unspecified atom stereocenters. The Kier molecular flexibility index (Phi) is 3.69. The third-order valence-electron chi connectivity index (χ3n) is 2.96. The van der Waals surface area contributed by atoms with Crippen molar-refractivity contribution in [3.63, 3.8) is 0 Å². The Bertz CT molecular complexity index is 799. The van der Waals surface area contributed by atoms with Crippen LogP contribution in [-0.2, 0) is 12.8 Å². The van der Waals surface area contributed by atoms with Gasteiger partial charge in [0.05, 0.1) is 5.52 Å². The zero-order valence-corrected chi connectivity index (χ0v) is 13.0. The van der Waals surface area contributed by atoms with Gasteiger partial charge in [0.25, 0.3) is 0 Å². The molecule has 0 fully saturated rings. The molecule has 0 amide bonds. The number of thioether (sulfide) groups is 1. The fourth-order valence-electron chi connectivity index (χ4n) is 1.94. The van der Waals surface area contributed by atoms with Crippen LogP contribution < -0.4 is 0 Å². The van der Waals surface area contributed by atoms with Crippen molar-refractivity contribution in [1.29, 1.82) is 0 Å². The lowest BCUT2D eigenvalue weighted by atomic mass is 10.2. The minimum Gasteiger partial charge on any atom is -0.493 e. The maximum absolute atomic E-state index is 9.48. The predicted octanol–water partition coefficient (Wildman–Crippen LogP) is 2.72. The quantitative estimate of drug-likeness (QED) is 0.590. The minimum absolute atomic E-state index is 0.0273. The van der Waals surface area contributed by atoms with Crippen LogP contribution in [0.1, 0.15) is 11.3 Å². The summed E-state index contributed by atoms with van der Waals surface area (Å²) in [4.78, 5) is 8.24. The molecular weight excluding hydrogens is 310 g/mol. The van der Waals surface area contributed by atoms with Crippen molar-refractivity contribution in [3.05, 3.63) is 34.5 Å². The Morgan fingerprint density at radius 2 is 2.10 bits per heavy atom. The van der Waals surface area contributed by atoms with Crippen molar-refractivity contribution in [3.8, 4) is 5.88 Å². The number of aromatic hydroxyl groups is 1. The van der Waals surface area contributed by atoms with Gasteiger partial charge in [-0.25, -0.2) is 9.67 Å². The number of aryl methyl sites for hydroxylation is 2. The summed E-state index contributed by atoms with van der Waals surface area (Å²) in [7, 11) is 1.82. The molecule has 2 heterocycles. The number of halogens is 1. The number of fused-ring (bicyclic) bond motifs is 1. The fraction of sp³-hybridized carbons (Fsp3) is 0.231. The van der Waals surface area contributed by atoms with E-state index in [4.69, 9.17) is 11.6 Å². The van der Waals surface area contributed by atoms with Crippen LogP contribution in [0.4, 0.5) is 0 Å². The number of hydrogen-bond acceptors (Lipinski definition) is 6. The number of hydrogen-bond donors (Lipinski definition) is 1. The lowest BCUT2D eigenvalue weighted by Gasteiger charge is -2.05. The van der Waals surface area contributed by atoms with E-state index < -0.39 is 0 Å². The van der Waals surface area contributed by atoms with E-state index in [9.17, 15) is 5.11 Å². The van der Waals surface area contributed by atoms with E-state index in [0.717, 1.165) is 22.3 Å². The zero-order valence-electron chi connectivity index (χ0n) is 11.4. The number of rotatable bonds is 3. The molecule has 0 saturated carbocycles. The first-order chi connectivity index (χ1) is 10.0. The number of aromatic nitrogens is 5. The molecule has 0 radical (unpaired) electrons. The molecule has 21 heavy (non-hydrogen) atoms. The SMILES string of the molecule is Cc1cc(O)nc(SCc2cc3nnn(C)c3cc2Cl)n1. The molecule has 6 nitrogen and oxygen atoms in total. The van der Waals surface area contributed by atoms with E-state index in [1.807, 2.05) is 26.1 Å². The lowest BCUT2D eigenvalue weighted by molar-refractivity contribution is 0.444. The smallest absolute Gasteiger partial charge is 0.215 e. The van der Waals surface area contributed by atoms with Crippen LogP contribution in [0.2, 0.25) is 5.02 Å². The summed E-state index contributed by atoms with van der Waals surface area (Å²) < 4.78 is 1.68. The van der Waals surface area contributed by atoms with Gasteiger partial charge in [-0.1, -0.05) is 28.6 Å². The van der Waals surface area contributed by atoms with Crippen LogP contribution in [-0.4, -0.2) is 30.1 Å². The van der Waals surface area contributed by atoms with Crippen LogP contribution in [0.5, 0.6) is 5.88 Å². The van der Waals surface area contributed by atoms with Crippen molar-refractivity contribution in [1.82, 2.24) is 25.0 Å². The molecule has 0 aliphatic carbocycles. The highest BCUT2D eigenvalue weighted by Crippen LogP contribution is 2.28. The highest BCUT2D eigenvalue weighted by molar-refractivity contribution is 7.98. The Hall–Kier alpha value is -1.86. The summed E-state index contributed by atoms with van der Waals surface area (Å²) in [5.74, 6) is 0.564. The zero-order chi connectivity index (χ0) is 15.0. The predicted molar refractivity (Wildman–Crippen MR) is 81.5 cm³/mol. The van der Waals surface area contributed by atoms with Gasteiger partial charge in [-0.2, -0.15) is 4.98 Å². The standard InChI is InChI=1S/C13H12ClN5OS/c1-7-3-12(20)16-13(15-7)21-6-8-4-10-11(5-9(8)14)19(2)18-17-10/h3-5H,6H2,1-2H3,(H,15,16,20). The van der Waals surface area contributed by atoms with E-state index in [1.54, 1.807) is 4.68 Å². The van der Waals surface area contributed by atoms with Gasteiger partial charge in [0.1, 0.15) is 5.52 Å². The molecule has 0 atom stereocenters. The molecule has 3 rings (SSSR count). The molecule has 8 heteroatoms. The van der Waals surface area contributed by atoms with Crippen LogP contribution in [0.3, 0.4) is 0 Å². The van der Waals surface area contributed by atoms with E-state index in [-0.39, 0.29) is 5.88 Å². The van der Waals surface area contributed by atoms with Crippen LogP contribution >= 0.6 is 23.4 Å². The average molecular weight is 322 g/mol. The molecule has 1 aromatic carbocycles. The third-order valence-corrected chi connectivity index (χ3v) is 4.20. The summed E-state index contributed by atoms with van der Waals surface area (Å²) in [6.07, 6.45) is 0. The Balaban J connectivity index is 1.86. The molecule has 2 aromatic heterocycles. The highest BCUT2D eigenvalue weighted by Gasteiger charge is 2.10. The lowest BCUT2D eigenvalue weighted by Crippen LogP contribution is -1.92.